The van der Waals surface area contributed by atoms with Crippen LogP contribution in [0.15, 0.2) is 288 Å². The molecule has 75 heavy (non-hydrogen) atoms. The Morgan fingerprint density at radius 1 is 0.320 bits per heavy atom. The molecule has 0 fully saturated rings. The maximum atomic E-state index is 13.3. The average molecular weight is 972 g/mol. The molecule has 10 aromatic carbocycles. The van der Waals surface area contributed by atoms with Crippen LogP contribution in [0.2, 0.25) is 0 Å². The first kappa shape index (κ1) is 48.9. The van der Waals surface area contributed by atoms with Crippen LogP contribution in [-0.2, 0) is 0 Å². The van der Waals surface area contributed by atoms with Gasteiger partial charge in [-0.2, -0.15) is 0 Å². The molecule has 0 aliphatic rings. The summed E-state index contributed by atoms with van der Waals surface area (Å²) in [4.78, 5) is 26.7. The SMILES string of the molecule is O=C(c1ccccc1)C(Oc1ccc(OC(C(=O)c2ccccc2)c2ccccc2)cc1)c1ccccc1.[B].c1ccc(-c2oc3cc4c(-c5ccccc5)c(-c5ccccc5)oc4cc3c2-c2ccccc2)cc1. The molecule has 7 heteroatoms. The molecule has 0 spiro atoms. The van der Waals surface area contributed by atoms with Crippen molar-refractivity contribution in [3.8, 4) is 56.4 Å². The van der Waals surface area contributed by atoms with Crippen molar-refractivity contribution < 1.29 is 27.9 Å². The minimum Gasteiger partial charge on any atom is -0.478 e. The first-order valence-corrected chi connectivity index (χ1v) is 24.5. The van der Waals surface area contributed by atoms with Gasteiger partial charge in [0, 0.05) is 63.7 Å². The van der Waals surface area contributed by atoms with Gasteiger partial charge in [-0.05, 0) is 47.5 Å². The normalized spacial score (nSPS) is 11.6. The maximum Gasteiger partial charge on any atom is 0.207 e. The number of carbonyl (C=O) groups excluding carboxylic acids is 2. The number of hydrogen-bond acceptors (Lipinski definition) is 6. The van der Waals surface area contributed by atoms with Crippen LogP contribution in [-0.4, -0.2) is 20.0 Å². The Kier molecular flexibility index (Phi) is 14.9. The minimum absolute atomic E-state index is 0. The number of ether oxygens (including phenoxy) is 2. The predicted molar refractivity (Wildman–Crippen MR) is 301 cm³/mol. The van der Waals surface area contributed by atoms with E-state index in [0.717, 1.165) is 78.0 Å². The van der Waals surface area contributed by atoms with E-state index in [0.29, 0.717) is 22.6 Å². The smallest absolute Gasteiger partial charge is 0.207 e. The Morgan fingerprint density at radius 3 is 0.893 bits per heavy atom. The zero-order valence-corrected chi connectivity index (χ0v) is 40.7. The predicted octanol–water partition coefficient (Wildman–Crippen LogP) is 17.2. The standard InChI is InChI=1S/C34H26O4.C34H22O2.B/c35-31(25-13-5-1-6-14-25)33(27-17-9-3-10-18-27)37-29-21-23-30(24-22-29)38-34(28-19-11-4-12-20-28)32(36)26-15-7-2-8-16-26;1-5-13-23(14-6-1)31-27-21-30-28(22-29(27)35-33(31)25-17-9-3-10-18-25)32(24-15-7-2-8-16-24)34(36-30)26-19-11-4-12-20-26;/h1-24,33-34H;1-22H;. The summed E-state index contributed by atoms with van der Waals surface area (Å²) in [5.41, 5.74) is 10.9. The van der Waals surface area contributed by atoms with Gasteiger partial charge in [0.15, 0.2) is 12.2 Å². The van der Waals surface area contributed by atoms with Gasteiger partial charge in [-0.3, -0.25) is 9.59 Å². The molecule has 2 aromatic heterocycles. The van der Waals surface area contributed by atoms with Crippen LogP contribution in [0.1, 0.15) is 44.1 Å². The summed E-state index contributed by atoms with van der Waals surface area (Å²) < 4.78 is 25.6. The lowest BCUT2D eigenvalue weighted by atomic mass is 9.96. The first-order chi connectivity index (χ1) is 36.6. The number of carbonyl (C=O) groups is 2. The van der Waals surface area contributed by atoms with E-state index in [1.165, 1.54) is 0 Å². The second-order valence-electron chi connectivity index (χ2n) is 17.7. The summed E-state index contributed by atoms with van der Waals surface area (Å²) >= 11 is 0. The summed E-state index contributed by atoms with van der Waals surface area (Å²) in [7, 11) is 0. The van der Waals surface area contributed by atoms with Crippen molar-refractivity contribution in [2.45, 2.75) is 12.2 Å². The lowest BCUT2D eigenvalue weighted by Gasteiger charge is -2.20. The van der Waals surface area contributed by atoms with E-state index < -0.39 is 12.2 Å². The molecule has 0 aliphatic carbocycles. The van der Waals surface area contributed by atoms with E-state index in [-0.39, 0.29) is 20.0 Å². The number of fused-ring (bicyclic) bond motifs is 2. The Bertz CT molecular complexity index is 3520. The van der Waals surface area contributed by atoms with Gasteiger partial charge in [0.2, 0.25) is 11.6 Å². The molecular formula is C68H48BO6. The van der Waals surface area contributed by atoms with E-state index in [2.05, 4.69) is 84.9 Å². The van der Waals surface area contributed by atoms with E-state index in [1.807, 2.05) is 146 Å². The van der Waals surface area contributed by atoms with Crippen LogP contribution in [0.3, 0.4) is 0 Å². The van der Waals surface area contributed by atoms with Crippen molar-refractivity contribution in [3.63, 3.8) is 0 Å². The highest BCUT2D eigenvalue weighted by Gasteiger charge is 2.27. The topological polar surface area (TPSA) is 78.9 Å². The van der Waals surface area contributed by atoms with Gasteiger partial charge in [0.25, 0.3) is 0 Å². The van der Waals surface area contributed by atoms with Crippen LogP contribution < -0.4 is 9.47 Å². The summed E-state index contributed by atoms with van der Waals surface area (Å²) in [6.07, 6.45) is -1.61. The zero-order chi connectivity index (χ0) is 50.1. The summed E-state index contributed by atoms with van der Waals surface area (Å²) in [6, 6.07) is 89.8. The van der Waals surface area contributed by atoms with Crippen LogP contribution in [0.25, 0.3) is 66.8 Å². The minimum atomic E-state index is -0.804. The van der Waals surface area contributed by atoms with Crippen LogP contribution in [0.4, 0.5) is 0 Å². The third kappa shape index (κ3) is 10.8. The molecule has 2 heterocycles. The number of Topliss-reactive ketones (excluding diaryl/α,β-unsaturated/α-hetero) is 2. The van der Waals surface area contributed by atoms with Gasteiger partial charge in [0.05, 0.1) is 0 Å². The van der Waals surface area contributed by atoms with Gasteiger partial charge >= 0.3 is 0 Å². The van der Waals surface area contributed by atoms with Gasteiger partial charge in [-0.1, -0.05) is 243 Å². The molecule has 0 aliphatic heterocycles. The van der Waals surface area contributed by atoms with Gasteiger partial charge in [-0.15, -0.1) is 0 Å². The lowest BCUT2D eigenvalue weighted by molar-refractivity contribution is 0.0781. The van der Waals surface area contributed by atoms with E-state index in [1.54, 1.807) is 48.5 Å². The number of furan rings is 2. The molecule has 0 N–H and O–H groups in total. The molecule has 12 aromatic rings. The van der Waals surface area contributed by atoms with Crippen molar-refractivity contribution in [2.75, 3.05) is 0 Å². The molecule has 0 saturated heterocycles. The van der Waals surface area contributed by atoms with Crippen LogP contribution >= 0.6 is 0 Å². The molecule has 2 unspecified atom stereocenters. The third-order valence-corrected chi connectivity index (χ3v) is 12.8. The van der Waals surface area contributed by atoms with Crippen molar-refractivity contribution in [3.05, 3.63) is 301 Å². The van der Waals surface area contributed by atoms with E-state index in [9.17, 15) is 9.59 Å². The fourth-order valence-corrected chi connectivity index (χ4v) is 9.23. The summed E-state index contributed by atoms with van der Waals surface area (Å²) in [6.45, 7) is 0. The third-order valence-electron chi connectivity index (χ3n) is 12.8. The fraction of sp³-hybridized carbons (Fsp3) is 0.0294. The molecule has 2 atom stereocenters. The molecule has 0 saturated carbocycles. The van der Waals surface area contributed by atoms with E-state index in [4.69, 9.17) is 18.3 Å². The highest BCUT2D eigenvalue weighted by molar-refractivity contribution is 6.11. The van der Waals surface area contributed by atoms with Crippen molar-refractivity contribution in [2.24, 2.45) is 0 Å². The Balaban J connectivity index is 0.000000169. The Hall–Kier alpha value is -9.72. The molecule has 0 amide bonds. The number of benzene rings is 10. The van der Waals surface area contributed by atoms with Crippen molar-refractivity contribution in [1.29, 1.82) is 0 Å². The van der Waals surface area contributed by atoms with Gasteiger partial charge in [-0.25, -0.2) is 0 Å². The van der Waals surface area contributed by atoms with Crippen molar-refractivity contribution in [1.82, 2.24) is 0 Å². The lowest BCUT2D eigenvalue weighted by Crippen LogP contribution is -2.20. The fourth-order valence-electron chi connectivity index (χ4n) is 9.23. The van der Waals surface area contributed by atoms with E-state index >= 15 is 0 Å². The maximum absolute atomic E-state index is 13.3. The summed E-state index contributed by atoms with van der Waals surface area (Å²) in [5, 5.41) is 2.08. The molecule has 6 nitrogen and oxygen atoms in total. The number of rotatable bonds is 14. The number of hydrogen-bond donors (Lipinski definition) is 0. The molecule has 0 bridgehead atoms. The Morgan fingerprint density at radius 2 is 0.587 bits per heavy atom. The Labute approximate surface area is 437 Å². The number of ketones is 2. The average Bonchev–Trinajstić information content (AvgIpc) is 4.06. The van der Waals surface area contributed by atoms with Crippen LogP contribution in [0, 0.1) is 0 Å². The van der Waals surface area contributed by atoms with Crippen molar-refractivity contribution >= 4 is 41.9 Å². The highest BCUT2D eigenvalue weighted by atomic mass is 16.5. The highest BCUT2D eigenvalue weighted by Crippen LogP contribution is 2.47. The van der Waals surface area contributed by atoms with Gasteiger partial charge in [0.1, 0.15) is 34.2 Å². The second-order valence-corrected chi connectivity index (χ2v) is 17.7. The molecule has 3 radical (unpaired) electrons. The monoisotopic (exact) mass is 971 g/mol. The van der Waals surface area contributed by atoms with Crippen LogP contribution in [0.5, 0.6) is 11.5 Å². The molecule has 359 valence electrons. The quantitative estimate of drug-likeness (QED) is 0.0798. The largest absolute Gasteiger partial charge is 0.478 e. The molecule has 12 rings (SSSR count). The second kappa shape index (κ2) is 22.8. The first-order valence-electron chi connectivity index (χ1n) is 24.5. The zero-order valence-electron chi connectivity index (χ0n) is 40.7. The summed E-state index contributed by atoms with van der Waals surface area (Å²) in [5.74, 6) is 2.51. The molecular weight excluding hydrogens is 924 g/mol. The van der Waals surface area contributed by atoms with Gasteiger partial charge < -0.3 is 18.3 Å².